The molecular weight excluding hydrogens is 371 g/mol. The number of alkyl halides is 3. The number of hydrogen-bond donors (Lipinski definition) is 1. The van der Waals surface area contributed by atoms with E-state index in [-0.39, 0.29) is 12.2 Å². The van der Waals surface area contributed by atoms with Gasteiger partial charge in [0.1, 0.15) is 12.2 Å². The summed E-state index contributed by atoms with van der Waals surface area (Å²) in [5, 5.41) is 2.36. The number of aromatic nitrogens is 2. The summed E-state index contributed by atoms with van der Waals surface area (Å²) >= 11 is 1.15. The van der Waals surface area contributed by atoms with E-state index in [4.69, 9.17) is 0 Å². The van der Waals surface area contributed by atoms with Crippen LogP contribution >= 0.6 is 11.3 Å². The van der Waals surface area contributed by atoms with Crippen LogP contribution in [0.3, 0.4) is 0 Å². The summed E-state index contributed by atoms with van der Waals surface area (Å²) in [5.74, 6) is -1.14. The molecule has 3 rings (SSSR count). The number of esters is 1. The van der Waals surface area contributed by atoms with E-state index in [1.807, 2.05) is 0 Å². The molecule has 0 fully saturated rings. The van der Waals surface area contributed by atoms with Crippen molar-refractivity contribution in [2.24, 2.45) is 0 Å². The van der Waals surface area contributed by atoms with Crippen molar-refractivity contribution in [3.8, 4) is 10.4 Å². The highest BCUT2D eigenvalue weighted by Gasteiger charge is 2.30. The SMILES string of the molecule is COC(=O)CNC(=O)c1cn2cc(-c3cccc(C(F)(F)F)c3)sc2n1. The molecule has 0 aliphatic carbocycles. The normalized spacial score (nSPS) is 11.5. The number of ether oxygens (including phenoxy) is 1. The van der Waals surface area contributed by atoms with Crippen LogP contribution in [0, 0.1) is 0 Å². The Morgan fingerprint density at radius 3 is 2.73 bits per heavy atom. The smallest absolute Gasteiger partial charge is 0.416 e. The number of carbonyl (C=O) groups excluding carboxylic acids is 2. The fourth-order valence-electron chi connectivity index (χ4n) is 2.20. The molecule has 10 heteroatoms. The molecule has 0 unspecified atom stereocenters. The standard InChI is InChI=1S/C16H12F3N3O3S/c1-25-13(23)6-20-14(24)11-7-22-8-12(26-15(22)21-11)9-3-2-4-10(5-9)16(17,18)19/h2-5,7-8H,6H2,1H3,(H,20,24). The van der Waals surface area contributed by atoms with Gasteiger partial charge in [0.05, 0.1) is 17.6 Å². The molecule has 1 aromatic carbocycles. The number of amides is 1. The van der Waals surface area contributed by atoms with Gasteiger partial charge in [-0.3, -0.25) is 14.0 Å². The first-order valence-electron chi connectivity index (χ1n) is 7.29. The number of nitrogens with one attached hydrogen (secondary N) is 1. The van der Waals surface area contributed by atoms with Crippen LogP contribution in [-0.2, 0) is 15.7 Å². The van der Waals surface area contributed by atoms with Crippen molar-refractivity contribution < 1.29 is 27.5 Å². The molecule has 0 saturated heterocycles. The van der Waals surface area contributed by atoms with E-state index in [0.29, 0.717) is 15.4 Å². The van der Waals surface area contributed by atoms with Gasteiger partial charge in [-0.15, -0.1) is 0 Å². The zero-order valence-electron chi connectivity index (χ0n) is 13.3. The fourth-order valence-corrected chi connectivity index (χ4v) is 3.17. The van der Waals surface area contributed by atoms with E-state index in [0.717, 1.165) is 23.5 Å². The number of halogens is 3. The van der Waals surface area contributed by atoms with Crippen LogP contribution in [-0.4, -0.2) is 34.9 Å². The van der Waals surface area contributed by atoms with Crippen molar-refractivity contribution in [3.05, 3.63) is 47.9 Å². The van der Waals surface area contributed by atoms with Crippen LogP contribution in [0.1, 0.15) is 16.1 Å². The Balaban J connectivity index is 1.83. The van der Waals surface area contributed by atoms with Gasteiger partial charge >= 0.3 is 12.1 Å². The molecule has 0 bridgehead atoms. The molecule has 0 saturated carbocycles. The molecule has 0 spiro atoms. The zero-order chi connectivity index (χ0) is 18.9. The molecule has 0 atom stereocenters. The van der Waals surface area contributed by atoms with Crippen LogP contribution < -0.4 is 5.32 Å². The lowest BCUT2D eigenvalue weighted by Crippen LogP contribution is -2.30. The minimum Gasteiger partial charge on any atom is -0.468 e. The van der Waals surface area contributed by atoms with Crippen molar-refractivity contribution in [2.75, 3.05) is 13.7 Å². The summed E-state index contributed by atoms with van der Waals surface area (Å²) in [4.78, 5) is 28.1. The molecular formula is C16H12F3N3O3S. The third-order valence-corrected chi connectivity index (χ3v) is 4.53. The number of thiazole rings is 1. The Kier molecular flexibility index (Phi) is 4.68. The molecule has 6 nitrogen and oxygen atoms in total. The summed E-state index contributed by atoms with van der Waals surface area (Å²) in [5.41, 5.74) is -0.230. The van der Waals surface area contributed by atoms with E-state index in [1.165, 1.54) is 19.4 Å². The van der Waals surface area contributed by atoms with E-state index >= 15 is 0 Å². The van der Waals surface area contributed by atoms with Crippen LogP contribution in [0.2, 0.25) is 0 Å². The molecule has 136 valence electrons. The fraction of sp³-hybridized carbons (Fsp3) is 0.188. The van der Waals surface area contributed by atoms with Crippen LogP contribution in [0.5, 0.6) is 0 Å². The van der Waals surface area contributed by atoms with Gasteiger partial charge < -0.3 is 10.1 Å². The van der Waals surface area contributed by atoms with Crippen LogP contribution in [0.15, 0.2) is 36.7 Å². The van der Waals surface area contributed by atoms with Crippen molar-refractivity contribution >= 4 is 28.2 Å². The van der Waals surface area contributed by atoms with Gasteiger partial charge in [-0.05, 0) is 17.7 Å². The Labute approximate surface area is 149 Å². The van der Waals surface area contributed by atoms with Crippen LogP contribution in [0.4, 0.5) is 13.2 Å². The van der Waals surface area contributed by atoms with E-state index in [2.05, 4.69) is 15.0 Å². The summed E-state index contributed by atoms with van der Waals surface area (Å²) in [6.45, 7) is -0.282. The second kappa shape index (κ2) is 6.79. The molecule has 2 heterocycles. The molecule has 3 aromatic rings. The van der Waals surface area contributed by atoms with Crippen LogP contribution in [0.25, 0.3) is 15.4 Å². The number of nitrogens with zero attached hydrogens (tertiary/aromatic N) is 2. The third-order valence-electron chi connectivity index (χ3n) is 3.48. The minimum absolute atomic E-state index is 0.0933. The predicted octanol–water partition coefficient (Wildman–Crippen LogP) is 2.98. The number of rotatable bonds is 4. The van der Waals surface area contributed by atoms with E-state index in [9.17, 15) is 22.8 Å². The Morgan fingerprint density at radius 1 is 1.31 bits per heavy atom. The number of fused-ring (bicyclic) bond motifs is 1. The average molecular weight is 383 g/mol. The van der Waals surface area contributed by atoms with Crippen molar-refractivity contribution in [2.45, 2.75) is 6.18 Å². The molecule has 0 radical (unpaired) electrons. The maximum absolute atomic E-state index is 12.8. The summed E-state index contributed by atoms with van der Waals surface area (Å²) in [6, 6.07) is 4.98. The second-order valence-electron chi connectivity index (χ2n) is 5.25. The lowest BCUT2D eigenvalue weighted by Gasteiger charge is -2.07. The largest absolute Gasteiger partial charge is 0.468 e. The van der Waals surface area contributed by atoms with Gasteiger partial charge in [-0.25, -0.2) is 4.98 Å². The second-order valence-corrected chi connectivity index (χ2v) is 6.26. The zero-order valence-corrected chi connectivity index (χ0v) is 14.1. The highest BCUT2D eigenvalue weighted by molar-refractivity contribution is 7.20. The molecule has 0 aliphatic rings. The van der Waals surface area contributed by atoms with E-state index < -0.39 is 23.6 Å². The number of carbonyl (C=O) groups is 2. The highest BCUT2D eigenvalue weighted by Crippen LogP contribution is 2.34. The van der Waals surface area contributed by atoms with E-state index in [1.54, 1.807) is 16.7 Å². The quantitative estimate of drug-likeness (QED) is 0.703. The van der Waals surface area contributed by atoms with Gasteiger partial charge in [-0.1, -0.05) is 23.5 Å². The average Bonchev–Trinajstić information content (AvgIpc) is 3.17. The Bertz CT molecular complexity index is 946. The maximum atomic E-state index is 12.8. The number of benzene rings is 1. The third kappa shape index (κ3) is 3.69. The van der Waals surface area contributed by atoms with Crippen molar-refractivity contribution in [1.82, 2.24) is 14.7 Å². The molecule has 2 aromatic heterocycles. The summed E-state index contributed by atoms with van der Waals surface area (Å²) < 4.78 is 44.5. The van der Waals surface area contributed by atoms with Gasteiger partial charge in [0.15, 0.2) is 4.96 Å². The lowest BCUT2D eigenvalue weighted by molar-refractivity contribution is -0.139. The highest BCUT2D eigenvalue weighted by atomic mass is 32.1. The maximum Gasteiger partial charge on any atom is 0.416 e. The van der Waals surface area contributed by atoms with Crippen molar-refractivity contribution in [1.29, 1.82) is 0 Å². The number of imidazole rings is 1. The van der Waals surface area contributed by atoms with Gasteiger partial charge in [0.2, 0.25) is 0 Å². The number of hydrogen-bond acceptors (Lipinski definition) is 5. The van der Waals surface area contributed by atoms with Gasteiger partial charge in [-0.2, -0.15) is 13.2 Å². The Morgan fingerprint density at radius 2 is 2.08 bits per heavy atom. The van der Waals surface area contributed by atoms with Gasteiger partial charge in [0, 0.05) is 12.4 Å². The molecule has 0 aliphatic heterocycles. The first-order valence-corrected chi connectivity index (χ1v) is 8.11. The van der Waals surface area contributed by atoms with Crippen molar-refractivity contribution in [3.63, 3.8) is 0 Å². The first-order chi connectivity index (χ1) is 12.3. The molecule has 1 N–H and O–H groups in total. The lowest BCUT2D eigenvalue weighted by atomic mass is 10.1. The van der Waals surface area contributed by atoms with Gasteiger partial charge in [0.25, 0.3) is 5.91 Å². The first kappa shape index (κ1) is 17.9. The minimum atomic E-state index is -4.42. The summed E-state index contributed by atoms with van der Waals surface area (Å²) in [6.07, 6.45) is -1.38. The monoisotopic (exact) mass is 383 g/mol. The summed E-state index contributed by atoms with van der Waals surface area (Å²) in [7, 11) is 1.20. The predicted molar refractivity (Wildman–Crippen MR) is 87.9 cm³/mol. The number of methoxy groups -OCH3 is 1. The Hall–Kier alpha value is -2.88. The topological polar surface area (TPSA) is 72.7 Å². The molecule has 1 amide bonds. The molecule has 26 heavy (non-hydrogen) atoms.